The van der Waals surface area contributed by atoms with Gasteiger partial charge in [-0.3, -0.25) is 0 Å². The van der Waals surface area contributed by atoms with Crippen LogP contribution >= 0.6 is 0 Å². The molecule has 0 spiro atoms. The maximum absolute atomic E-state index is 2.14. The summed E-state index contributed by atoms with van der Waals surface area (Å²) in [4.78, 5) is 0. The molecule has 0 fully saturated rings. The Labute approximate surface area is 64.2 Å². The first kappa shape index (κ1) is 17.0. The molecule has 0 nitrogen and oxygen atoms in total. The van der Waals surface area contributed by atoms with Gasteiger partial charge in [0.1, 0.15) is 0 Å². The Kier molecular flexibility index (Phi) is 90.5. The van der Waals surface area contributed by atoms with Crippen molar-refractivity contribution in [2.24, 2.45) is 0 Å². The molecule has 0 amide bonds. The van der Waals surface area contributed by atoms with Crippen LogP contribution in [0.5, 0.6) is 0 Å². The predicted molar refractivity (Wildman–Crippen MR) is 15.8 cm³/mol. The van der Waals surface area contributed by atoms with Gasteiger partial charge in [-0.1, -0.05) is 6.55 Å². The molecular formula is CH6SiTiZr. The van der Waals surface area contributed by atoms with E-state index in [9.17, 15) is 0 Å². The van der Waals surface area contributed by atoms with Gasteiger partial charge in [0.25, 0.3) is 0 Å². The van der Waals surface area contributed by atoms with Gasteiger partial charge in [-0.2, -0.15) is 0 Å². The maximum Gasteiger partial charge on any atom is 0 e. The zero-order valence-electron chi connectivity index (χ0n) is 3.00. The Balaban J connectivity index is -0.00000000500. The van der Waals surface area contributed by atoms with Gasteiger partial charge < -0.3 is 0 Å². The summed E-state index contributed by atoms with van der Waals surface area (Å²) in [5.41, 5.74) is 0. The second-order valence-corrected chi connectivity index (χ2v) is 0. The molecule has 0 aliphatic rings. The first-order valence-electron chi connectivity index (χ1n) is 1.00. The van der Waals surface area contributed by atoms with Crippen LogP contribution in [0.1, 0.15) is 0 Å². The fourth-order valence-corrected chi connectivity index (χ4v) is 0. The Morgan fingerprint density at radius 2 is 1.25 bits per heavy atom. The molecule has 0 N–H and O–H groups in total. The molecule has 0 aliphatic heterocycles. The molecule has 0 atom stereocenters. The van der Waals surface area contributed by atoms with Crippen LogP contribution < -0.4 is 0 Å². The van der Waals surface area contributed by atoms with Crippen LogP contribution in [0.3, 0.4) is 0 Å². The first-order valence-corrected chi connectivity index (χ1v) is 3.00. The van der Waals surface area contributed by atoms with Crippen molar-refractivity contribution in [2.75, 3.05) is 0 Å². The largest absolute Gasteiger partial charge is 0.0777 e. The summed E-state index contributed by atoms with van der Waals surface area (Å²) in [6, 6.07) is 0. The summed E-state index contributed by atoms with van der Waals surface area (Å²) in [7, 11) is 1.31. The molecule has 0 rings (SSSR count). The minimum absolute atomic E-state index is 0. The molecule has 0 aliphatic carbocycles. The molecule has 4 heavy (non-hydrogen) atoms. The van der Waals surface area contributed by atoms with Crippen LogP contribution in [0.2, 0.25) is 6.55 Å². The van der Waals surface area contributed by atoms with Crippen LogP contribution in [0, 0.1) is 0 Å². The van der Waals surface area contributed by atoms with Crippen LogP contribution in [-0.2, 0) is 47.9 Å². The molecule has 0 heterocycles. The molecule has 0 unspecified atom stereocenters. The van der Waals surface area contributed by atoms with Crippen molar-refractivity contribution in [3.8, 4) is 0 Å². The summed E-state index contributed by atoms with van der Waals surface area (Å²) in [6.07, 6.45) is 0. The van der Waals surface area contributed by atoms with Gasteiger partial charge in [0.2, 0.25) is 0 Å². The van der Waals surface area contributed by atoms with E-state index in [4.69, 9.17) is 0 Å². The van der Waals surface area contributed by atoms with Crippen molar-refractivity contribution in [1.29, 1.82) is 0 Å². The molecular weight excluding hydrogens is 179 g/mol. The third-order valence-corrected chi connectivity index (χ3v) is 0. The molecule has 0 saturated carbocycles. The van der Waals surface area contributed by atoms with E-state index in [0.717, 1.165) is 0 Å². The zero-order valence-corrected chi connectivity index (χ0v) is 9.02. The van der Waals surface area contributed by atoms with Gasteiger partial charge in [0.05, 0.1) is 0 Å². The molecule has 3 heteroatoms. The summed E-state index contributed by atoms with van der Waals surface area (Å²) < 4.78 is 0. The van der Waals surface area contributed by atoms with Crippen molar-refractivity contribution in [3.05, 3.63) is 0 Å². The van der Waals surface area contributed by atoms with E-state index in [-0.39, 0.29) is 47.9 Å². The van der Waals surface area contributed by atoms with E-state index < -0.39 is 0 Å². The quantitative estimate of drug-likeness (QED) is 0.442. The fraction of sp³-hybridized carbons (Fsp3) is 1.00. The Bertz CT molecular complexity index is 8.00. The van der Waals surface area contributed by atoms with Crippen molar-refractivity contribution in [3.63, 3.8) is 0 Å². The molecule has 0 aromatic carbocycles. The summed E-state index contributed by atoms with van der Waals surface area (Å²) >= 11 is 0. The van der Waals surface area contributed by atoms with Gasteiger partial charge in [-0.25, -0.2) is 0 Å². The van der Waals surface area contributed by atoms with Crippen molar-refractivity contribution in [1.82, 2.24) is 0 Å². The average Bonchev–Trinajstić information content (AvgIpc) is 1.00. The Morgan fingerprint density at radius 1 is 1.25 bits per heavy atom. The Hall–Kier alpha value is 1.81. The van der Waals surface area contributed by atoms with Crippen LogP contribution in [0.15, 0.2) is 0 Å². The monoisotopic (exact) mass is 184 g/mol. The molecule has 0 radical (unpaired) electrons. The normalized spacial score (nSPS) is 2.25. The van der Waals surface area contributed by atoms with Crippen LogP contribution in [-0.4, -0.2) is 10.2 Å². The molecule has 22 valence electrons. The number of hydrogen-bond donors (Lipinski definition) is 0. The maximum atomic E-state index is 2.14. The van der Waals surface area contributed by atoms with Gasteiger partial charge in [0, 0.05) is 47.9 Å². The first-order chi connectivity index (χ1) is 1.00. The summed E-state index contributed by atoms with van der Waals surface area (Å²) in [6.45, 7) is 2.14. The molecule has 0 saturated heterocycles. The van der Waals surface area contributed by atoms with Gasteiger partial charge in [0.15, 0.2) is 0 Å². The molecule has 0 bridgehead atoms. The second-order valence-electron chi connectivity index (χ2n) is 0. The second kappa shape index (κ2) is 21.3. The Morgan fingerprint density at radius 3 is 1.25 bits per heavy atom. The third-order valence-electron chi connectivity index (χ3n) is 0. The summed E-state index contributed by atoms with van der Waals surface area (Å²) in [5, 5.41) is 0. The third kappa shape index (κ3) is 9.18. The van der Waals surface area contributed by atoms with Gasteiger partial charge >= 0.3 is 0 Å². The van der Waals surface area contributed by atoms with Gasteiger partial charge in [-0.05, 0) is 10.2 Å². The van der Waals surface area contributed by atoms with Gasteiger partial charge in [-0.15, -0.1) is 0 Å². The predicted octanol–water partition coefficient (Wildman–Crippen LogP) is -0.605. The fourth-order valence-electron chi connectivity index (χ4n) is 0. The van der Waals surface area contributed by atoms with Crippen molar-refractivity contribution in [2.45, 2.75) is 6.55 Å². The zero-order chi connectivity index (χ0) is 2.00. The number of hydrogen-bond acceptors (Lipinski definition) is 0. The van der Waals surface area contributed by atoms with E-state index in [1.807, 2.05) is 0 Å². The van der Waals surface area contributed by atoms with E-state index in [2.05, 4.69) is 6.55 Å². The SMILES string of the molecule is C[SiH3].[Ti].[Zr]. The van der Waals surface area contributed by atoms with Crippen molar-refractivity contribution >= 4 is 10.2 Å². The van der Waals surface area contributed by atoms with E-state index in [0.29, 0.717) is 0 Å². The number of rotatable bonds is 0. The van der Waals surface area contributed by atoms with E-state index >= 15 is 0 Å². The molecule has 0 aromatic heterocycles. The van der Waals surface area contributed by atoms with Crippen LogP contribution in [0.25, 0.3) is 0 Å². The summed E-state index contributed by atoms with van der Waals surface area (Å²) in [5.74, 6) is 0. The van der Waals surface area contributed by atoms with Crippen LogP contribution in [0.4, 0.5) is 0 Å². The van der Waals surface area contributed by atoms with E-state index in [1.165, 1.54) is 10.2 Å². The topological polar surface area (TPSA) is 0 Å². The average molecular weight is 185 g/mol. The van der Waals surface area contributed by atoms with E-state index in [1.54, 1.807) is 0 Å². The van der Waals surface area contributed by atoms with Crippen molar-refractivity contribution < 1.29 is 47.9 Å². The minimum Gasteiger partial charge on any atom is -0.0777 e. The molecule has 0 aromatic rings. The smallest absolute Gasteiger partial charge is 0 e. The minimum atomic E-state index is 0. The standard InChI is InChI=1S/CH6Si.Ti.Zr/c1-2;;/h1-2H3;;.